The molecule has 1 aliphatic carbocycles. The average molecular weight is 511 g/mol. The van der Waals surface area contributed by atoms with E-state index in [9.17, 15) is 14.7 Å². The number of carbonyl (C=O) groups excluding carboxylic acids is 2. The Morgan fingerprint density at radius 2 is 1.97 bits per heavy atom. The summed E-state index contributed by atoms with van der Waals surface area (Å²) in [4.78, 5) is 34.1. The highest BCUT2D eigenvalue weighted by Crippen LogP contribution is 2.46. The highest BCUT2D eigenvalue weighted by atomic mass is 35.5. The molecule has 2 fully saturated rings. The topological polar surface area (TPSA) is 95.0 Å². The first-order chi connectivity index (χ1) is 17.2. The molecule has 1 saturated carbocycles. The number of nitrogens with one attached hydrogen (secondary N) is 1. The number of aryl methyl sites for hydroxylation is 1. The van der Waals surface area contributed by atoms with E-state index in [1.807, 2.05) is 31.2 Å². The van der Waals surface area contributed by atoms with E-state index < -0.39 is 11.0 Å². The fourth-order valence-corrected chi connectivity index (χ4v) is 6.46. The molecule has 0 atom stereocenters. The van der Waals surface area contributed by atoms with Gasteiger partial charge in [0.1, 0.15) is 18.2 Å². The standard InChI is InChI=1S/C27H31ClN4O4/c1-26(35)14-19(15-26)32-23(33)5-2-17-12-20(16-29-24(17)32)36-11-10-31-8-6-27(7-9-31)21-13-18(28)3-4-22(21)30-25(27)34/h3-4,12-13,16,19,35H,2,5-11,14-15H2,1H3,(H,30,34)/t19-,26-. The summed E-state index contributed by atoms with van der Waals surface area (Å²) in [6, 6.07) is 7.64. The molecule has 1 spiro atoms. The molecule has 4 heterocycles. The van der Waals surface area contributed by atoms with E-state index in [-0.39, 0.29) is 17.9 Å². The van der Waals surface area contributed by atoms with Crippen molar-refractivity contribution in [2.24, 2.45) is 0 Å². The van der Waals surface area contributed by atoms with Crippen LogP contribution >= 0.6 is 11.6 Å². The molecule has 2 aromatic rings. The minimum atomic E-state index is -0.697. The van der Waals surface area contributed by atoms with Crippen LogP contribution in [0.2, 0.25) is 5.02 Å². The molecule has 0 unspecified atom stereocenters. The zero-order valence-corrected chi connectivity index (χ0v) is 21.2. The number of ether oxygens (including phenoxy) is 1. The number of carbonyl (C=O) groups is 2. The summed E-state index contributed by atoms with van der Waals surface area (Å²) >= 11 is 6.22. The van der Waals surface area contributed by atoms with Gasteiger partial charge in [0.25, 0.3) is 0 Å². The Bertz CT molecular complexity index is 1220. The van der Waals surface area contributed by atoms with Crippen molar-refractivity contribution in [1.82, 2.24) is 9.88 Å². The van der Waals surface area contributed by atoms with Crippen molar-refractivity contribution in [2.45, 2.75) is 62.5 Å². The lowest BCUT2D eigenvalue weighted by Gasteiger charge is -2.47. The number of aromatic nitrogens is 1. The van der Waals surface area contributed by atoms with Crippen molar-refractivity contribution in [3.8, 4) is 5.75 Å². The van der Waals surface area contributed by atoms with Gasteiger partial charge in [-0.25, -0.2) is 4.98 Å². The van der Waals surface area contributed by atoms with Crippen molar-refractivity contribution >= 4 is 34.9 Å². The van der Waals surface area contributed by atoms with Crippen LogP contribution in [0.15, 0.2) is 30.5 Å². The first-order valence-electron chi connectivity index (χ1n) is 12.7. The van der Waals surface area contributed by atoms with Crippen molar-refractivity contribution in [1.29, 1.82) is 0 Å². The van der Waals surface area contributed by atoms with E-state index in [1.54, 1.807) is 11.1 Å². The van der Waals surface area contributed by atoms with E-state index in [0.717, 1.165) is 49.3 Å². The van der Waals surface area contributed by atoms with Crippen LogP contribution in [0, 0.1) is 0 Å². The number of halogens is 1. The number of pyridine rings is 1. The number of anilines is 2. The minimum Gasteiger partial charge on any atom is -0.491 e. The van der Waals surface area contributed by atoms with Gasteiger partial charge in [0, 0.05) is 29.7 Å². The van der Waals surface area contributed by atoms with Crippen LogP contribution in [0.4, 0.5) is 11.5 Å². The first-order valence-corrected chi connectivity index (χ1v) is 13.1. The van der Waals surface area contributed by atoms with Gasteiger partial charge in [-0.1, -0.05) is 11.6 Å². The molecule has 190 valence electrons. The molecule has 1 aromatic carbocycles. The smallest absolute Gasteiger partial charge is 0.235 e. The highest BCUT2D eigenvalue weighted by Gasteiger charge is 2.48. The van der Waals surface area contributed by atoms with Gasteiger partial charge in [0.15, 0.2) is 0 Å². The normalized spacial score (nSPS) is 26.9. The third kappa shape index (κ3) is 4.05. The molecule has 8 nitrogen and oxygen atoms in total. The van der Waals surface area contributed by atoms with Crippen molar-refractivity contribution < 1.29 is 19.4 Å². The lowest BCUT2D eigenvalue weighted by molar-refractivity contribution is -0.123. The molecular formula is C27H31ClN4O4. The molecular weight excluding hydrogens is 480 g/mol. The Morgan fingerprint density at radius 3 is 2.72 bits per heavy atom. The molecule has 9 heteroatoms. The second kappa shape index (κ2) is 8.71. The maximum atomic E-state index is 12.8. The number of nitrogens with zero attached hydrogens (tertiary/aromatic N) is 3. The maximum Gasteiger partial charge on any atom is 0.235 e. The van der Waals surface area contributed by atoms with E-state index in [1.165, 1.54) is 0 Å². The van der Waals surface area contributed by atoms with Crippen molar-refractivity contribution in [2.75, 3.05) is 36.5 Å². The predicted octanol–water partition coefficient (Wildman–Crippen LogP) is 3.29. The van der Waals surface area contributed by atoms with E-state index in [4.69, 9.17) is 16.3 Å². The number of fused-ring (bicyclic) bond motifs is 3. The third-order valence-electron chi connectivity index (χ3n) is 8.30. The van der Waals surface area contributed by atoms with Gasteiger partial charge < -0.3 is 15.2 Å². The number of hydrogen-bond acceptors (Lipinski definition) is 6. The summed E-state index contributed by atoms with van der Waals surface area (Å²) < 4.78 is 6.04. The number of amides is 2. The fourth-order valence-electron chi connectivity index (χ4n) is 6.29. The maximum absolute atomic E-state index is 12.8. The van der Waals surface area contributed by atoms with Gasteiger partial charge in [-0.15, -0.1) is 0 Å². The quantitative estimate of drug-likeness (QED) is 0.641. The van der Waals surface area contributed by atoms with Crippen LogP contribution in [0.3, 0.4) is 0 Å². The number of hydrogen-bond donors (Lipinski definition) is 2. The molecule has 6 rings (SSSR count). The number of aliphatic hydroxyl groups is 1. The van der Waals surface area contributed by atoms with Gasteiger partial charge >= 0.3 is 0 Å². The van der Waals surface area contributed by atoms with Crippen LogP contribution < -0.4 is 15.0 Å². The van der Waals surface area contributed by atoms with Gasteiger partial charge in [0.05, 0.1) is 17.2 Å². The first kappa shape index (κ1) is 23.7. The Hall–Kier alpha value is -2.68. The molecule has 1 aromatic heterocycles. The molecule has 2 amide bonds. The van der Waals surface area contributed by atoms with Crippen LogP contribution in [0.1, 0.15) is 50.2 Å². The van der Waals surface area contributed by atoms with Crippen LogP contribution in [-0.4, -0.2) is 64.7 Å². The molecule has 1 saturated heterocycles. The molecule has 36 heavy (non-hydrogen) atoms. The summed E-state index contributed by atoms with van der Waals surface area (Å²) in [6.45, 7) is 4.72. The Kier molecular flexibility index (Phi) is 5.74. The van der Waals surface area contributed by atoms with Crippen molar-refractivity contribution in [3.63, 3.8) is 0 Å². The number of rotatable bonds is 5. The van der Waals surface area contributed by atoms with E-state index >= 15 is 0 Å². The largest absolute Gasteiger partial charge is 0.491 e. The Balaban J connectivity index is 1.05. The fraction of sp³-hybridized carbons (Fsp3) is 0.519. The summed E-state index contributed by atoms with van der Waals surface area (Å²) in [5, 5.41) is 13.8. The molecule has 0 radical (unpaired) electrons. The number of benzene rings is 1. The summed E-state index contributed by atoms with van der Waals surface area (Å²) in [7, 11) is 0. The molecule has 0 bridgehead atoms. The summed E-state index contributed by atoms with van der Waals surface area (Å²) in [6.07, 6.45) is 5.46. The van der Waals surface area contributed by atoms with Gasteiger partial charge in [-0.3, -0.25) is 19.4 Å². The SMILES string of the molecule is C[C@]1(O)C[C@H](N2C(=O)CCc3cc(OCCN4CCC5(CC4)C(=O)Nc4ccc(Cl)cc45)cnc32)C1. The lowest BCUT2D eigenvalue weighted by Crippen LogP contribution is -2.57. The van der Waals surface area contributed by atoms with Crippen LogP contribution in [0.25, 0.3) is 0 Å². The van der Waals surface area contributed by atoms with E-state index in [2.05, 4.69) is 15.2 Å². The highest BCUT2D eigenvalue weighted by molar-refractivity contribution is 6.31. The third-order valence-corrected chi connectivity index (χ3v) is 8.54. The second-order valence-electron chi connectivity index (χ2n) is 10.9. The summed E-state index contributed by atoms with van der Waals surface area (Å²) in [5.41, 5.74) is 1.73. The van der Waals surface area contributed by atoms with Gasteiger partial charge in [-0.05, 0) is 87.5 Å². The zero-order chi connectivity index (χ0) is 25.1. The predicted molar refractivity (Wildman–Crippen MR) is 137 cm³/mol. The Labute approximate surface area is 215 Å². The monoisotopic (exact) mass is 510 g/mol. The number of likely N-dealkylation sites (tertiary alicyclic amines) is 1. The zero-order valence-electron chi connectivity index (χ0n) is 20.4. The van der Waals surface area contributed by atoms with Crippen LogP contribution in [-0.2, 0) is 21.4 Å². The molecule has 3 aliphatic heterocycles. The lowest BCUT2D eigenvalue weighted by atomic mass is 9.73. The Morgan fingerprint density at radius 1 is 1.19 bits per heavy atom. The molecule has 4 aliphatic rings. The minimum absolute atomic E-state index is 0.0122. The second-order valence-corrected chi connectivity index (χ2v) is 11.3. The summed E-state index contributed by atoms with van der Waals surface area (Å²) in [5.74, 6) is 1.56. The average Bonchev–Trinajstić information content (AvgIpc) is 3.09. The van der Waals surface area contributed by atoms with Gasteiger partial charge in [0.2, 0.25) is 11.8 Å². The van der Waals surface area contributed by atoms with Gasteiger partial charge in [-0.2, -0.15) is 0 Å². The van der Waals surface area contributed by atoms with E-state index in [0.29, 0.717) is 48.9 Å². The van der Waals surface area contributed by atoms with Crippen LogP contribution in [0.5, 0.6) is 5.75 Å². The number of piperidine rings is 1. The van der Waals surface area contributed by atoms with Crippen molar-refractivity contribution in [3.05, 3.63) is 46.6 Å². The molecule has 2 N–H and O–H groups in total.